The first-order valence-electron chi connectivity index (χ1n) is 7.38. The molecule has 3 N–H and O–H groups in total. The van der Waals surface area contributed by atoms with E-state index in [2.05, 4.69) is 5.32 Å². The van der Waals surface area contributed by atoms with Crippen molar-refractivity contribution in [3.63, 3.8) is 0 Å². The van der Waals surface area contributed by atoms with Gasteiger partial charge in [-0.3, -0.25) is 0 Å². The summed E-state index contributed by atoms with van der Waals surface area (Å²) >= 11 is 0. The maximum absolute atomic E-state index is 6.04. The molecule has 0 amide bonds. The van der Waals surface area contributed by atoms with Gasteiger partial charge >= 0.3 is 0 Å². The van der Waals surface area contributed by atoms with Crippen LogP contribution in [-0.2, 0) is 0 Å². The lowest BCUT2D eigenvalue weighted by atomic mass is 9.96. The molecule has 0 bridgehead atoms. The Bertz CT molecular complexity index is 304. The van der Waals surface area contributed by atoms with Crippen molar-refractivity contribution in [3.05, 3.63) is 0 Å². The van der Waals surface area contributed by atoms with Crippen molar-refractivity contribution in [1.82, 2.24) is 5.32 Å². The monoisotopic (exact) mass is 363 g/mol. The maximum Gasteiger partial charge on any atom is 0.189 e. The van der Waals surface area contributed by atoms with E-state index in [0.717, 1.165) is 0 Å². The second kappa shape index (κ2) is 5.97. The Kier molecular flexibility index (Phi) is 4.78. The molecule has 18 heavy (non-hydrogen) atoms. The van der Waals surface area contributed by atoms with E-state index in [0.29, 0.717) is 23.5 Å². The first-order valence-corrected chi connectivity index (χ1v) is 7.38. The van der Waals surface area contributed by atoms with Crippen molar-refractivity contribution in [1.29, 1.82) is 0 Å². The number of nitrogens with zero attached hydrogens (tertiary/aromatic N) is 1. The standard InChI is InChI=1S/C14H25N3.HI/c15-13(16-11-6-2-1-3-7-11)17-12-10-14(12)8-4-5-9-14;/h11-12H,1-10H2,(H3,15,16,17);1H. The second-order valence-electron chi connectivity index (χ2n) is 6.28. The van der Waals surface area contributed by atoms with Gasteiger partial charge in [-0.05, 0) is 37.5 Å². The summed E-state index contributed by atoms with van der Waals surface area (Å²) in [5, 5.41) is 3.42. The molecule has 1 spiro atoms. The Morgan fingerprint density at radius 3 is 2.39 bits per heavy atom. The van der Waals surface area contributed by atoms with Crippen molar-refractivity contribution >= 4 is 29.9 Å². The molecule has 4 heteroatoms. The van der Waals surface area contributed by atoms with Gasteiger partial charge in [-0.15, -0.1) is 24.0 Å². The van der Waals surface area contributed by atoms with E-state index in [9.17, 15) is 0 Å². The average Bonchev–Trinajstić information content (AvgIpc) is 2.76. The molecular weight excluding hydrogens is 337 g/mol. The Morgan fingerprint density at radius 2 is 1.72 bits per heavy atom. The second-order valence-corrected chi connectivity index (χ2v) is 6.28. The van der Waals surface area contributed by atoms with Crippen LogP contribution in [0.1, 0.15) is 64.2 Å². The minimum absolute atomic E-state index is 0. The maximum atomic E-state index is 6.04. The fraction of sp³-hybridized carbons (Fsp3) is 0.929. The van der Waals surface area contributed by atoms with Crippen LogP contribution in [0, 0.1) is 5.41 Å². The summed E-state index contributed by atoms with van der Waals surface area (Å²) in [6.07, 6.45) is 13.5. The Labute approximate surface area is 127 Å². The fourth-order valence-corrected chi connectivity index (χ4v) is 3.79. The normalized spacial score (nSPS) is 31.1. The number of nitrogens with one attached hydrogen (secondary N) is 1. The molecule has 0 saturated heterocycles. The first kappa shape index (κ1) is 14.4. The summed E-state index contributed by atoms with van der Waals surface area (Å²) in [7, 11) is 0. The summed E-state index contributed by atoms with van der Waals surface area (Å²) < 4.78 is 0. The van der Waals surface area contributed by atoms with Crippen LogP contribution in [0.15, 0.2) is 4.99 Å². The van der Waals surface area contributed by atoms with Gasteiger partial charge in [0.1, 0.15) is 0 Å². The number of hydrogen-bond acceptors (Lipinski definition) is 1. The Balaban J connectivity index is 0.00000120. The highest BCUT2D eigenvalue weighted by atomic mass is 127. The molecule has 0 radical (unpaired) electrons. The lowest BCUT2D eigenvalue weighted by Gasteiger charge is -2.23. The van der Waals surface area contributed by atoms with E-state index in [-0.39, 0.29) is 24.0 Å². The average molecular weight is 363 g/mol. The van der Waals surface area contributed by atoms with E-state index in [1.54, 1.807) is 0 Å². The van der Waals surface area contributed by atoms with Crippen LogP contribution < -0.4 is 11.1 Å². The number of aliphatic imine (C=N–C) groups is 1. The van der Waals surface area contributed by atoms with E-state index in [1.165, 1.54) is 64.2 Å². The number of guanidine groups is 1. The summed E-state index contributed by atoms with van der Waals surface area (Å²) in [6.45, 7) is 0. The van der Waals surface area contributed by atoms with Crippen LogP contribution in [0.4, 0.5) is 0 Å². The smallest absolute Gasteiger partial charge is 0.189 e. The Hall–Kier alpha value is 0. The van der Waals surface area contributed by atoms with Crippen LogP contribution in [0.5, 0.6) is 0 Å². The van der Waals surface area contributed by atoms with Crippen LogP contribution in [0.2, 0.25) is 0 Å². The molecule has 3 aliphatic carbocycles. The quantitative estimate of drug-likeness (QED) is 0.450. The molecular formula is C14H26IN3. The molecule has 3 fully saturated rings. The largest absolute Gasteiger partial charge is 0.370 e. The molecule has 3 aliphatic rings. The van der Waals surface area contributed by atoms with Gasteiger partial charge in [-0.1, -0.05) is 32.1 Å². The third-order valence-electron chi connectivity index (χ3n) is 5.00. The zero-order valence-corrected chi connectivity index (χ0v) is 13.5. The number of halogens is 1. The van der Waals surface area contributed by atoms with Gasteiger partial charge in [-0.2, -0.15) is 0 Å². The van der Waals surface area contributed by atoms with Crippen LogP contribution in [0.25, 0.3) is 0 Å². The van der Waals surface area contributed by atoms with E-state index < -0.39 is 0 Å². The molecule has 0 aromatic carbocycles. The van der Waals surface area contributed by atoms with Gasteiger partial charge in [0.15, 0.2) is 5.96 Å². The molecule has 1 unspecified atom stereocenters. The molecule has 0 aromatic rings. The highest BCUT2D eigenvalue weighted by Crippen LogP contribution is 2.59. The minimum Gasteiger partial charge on any atom is -0.370 e. The third kappa shape index (κ3) is 3.11. The number of hydrogen-bond donors (Lipinski definition) is 2. The van der Waals surface area contributed by atoms with Gasteiger partial charge < -0.3 is 11.1 Å². The van der Waals surface area contributed by atoms with Crippen molar-refractivity contribution < 1.29 is 0 Å². The summed E-state index contributed by atoms with van der Waals surface area (Å²) in [5.74, 6) is 0.714. The van der Waals surface area contributed by atoms with Crippen LogP contribution in [0.3, 0.4) is 0 Å². The summed E-state index contributed by atoms with van der Waals surface area (Å²) in [6, 6.07) is 1.13. The van der Waals surface area contributed by atoms with Gasteiger partial charge in [0, 0.05) is 6.04 Å². The van der Waals surface area contributed by atoms with E-state index >= 15 is 0 Å². The van der Waals surface area contributed by atoms with Crippen molar-refractivity contribution in [3.8, 4) is 0 Å². The highest BCUT2D eigenvalue weighted by molar-refractivity contribution is 14.0. The molecule has 0 aliphatic heterocycles. The summed E-state index contributed by atoms with van der Waals surface area (Å²) in [5.41, 5.74) is 6.62. The molecule has 104 valence electrons. The van der Waals surface area contributed by atoms with Crippen LogP contribution in [-0.4, -0.2) is 18.0 Å². The number of nitrogens with two attached hydrogens (primary N) is 1. The van der Waals surface area contributed by atoms with Gasteiger partial charge in [-0.25, -0.2) is 4.99 Å². The van der Waals surface area contributed by atoms with Crippen LogP contribution >= 0.6 is 24.0 Å². The van der Waals surface area contributed by atoms with Gasteiger partial charge in [0.25, 0.3) is 0 Å². The zero-order valence-electron chi connectivity index (χ0n) is 11.2. The zero-order chi connectivity index (χ0) is 11.7. The molecule has 0 aromatic heterocycles. The number of rotatable bonds is 2. The van der Waals surface area contributed by atoms with E-state index in [1.807, 2.05) is 0 Å². The summed E-state index contributed by atoms with van der Waals surface area (Å²) in [4.78, 5) is 4.70. The lowest BCUT2D eigenvalue weighted by Crippen LogP contribution is -2.41. The molecule has 3 rings (SSSR count). The molecule has 1 atom stereocenters. The topological polar surface area (TPSA) is 50.4 Å². The van der Waals surface area contributed by atoms with Crippen molar-refractivity contribution in [2.24, 2.45) is 16.1 Å². The minimum atomic E-state index is 0. The molecule has 3 nitrogen and oxygen atoms in total. The fourth-order valence-electron chi connectivity index (χ4n) is 3.79. The predicted molar refractivity (Wildman–Crippen MR) is 86.4 cm³/mol. The Morgan fingerprint density at radius 1 is 1.06 bits per heavy atom. The van der Waals surface area contributed by atoms with Gasteiger partial charge in [0.2, 0.25) is 0 Å². The van der Waals surface area contributed by atoms with Gasteiger partial charge in [0.05, 0.1) is 6.04 Å². The lowest BCUT2D eigenvalue weighted by molar-refractivity contribution is 0.411. The predicted octanol–water partition coefficient (Wildman–Crippen LogP) is 3.17. The van der Waals surface area contributed by atoms with E-state index in [4.69, 9.17) is 10.7 Å². The molecule has 0 heterocycles. The van der Waals surface area contributed by atoms with Crippen molar-refractivity contribution in [2.75, 3.05) is 0 Å². The van der Waals surface area contributed by atoms with Crippen molar-refractivity contribution in [2.45, 2.75) is 76.3 Å². The first-order chi connectivity index (χ1) is 8.28. The highest BCUT2D eigenvalue weighted by Gasteiger charge is 2.55. The molecule has 3 saturated carbocycles. The third-order valence-corrected chi connectivity index (χ3v) is 5.00. The SMILES string of the molecule is I.NC(=NC1CC12CCCC2)NC1CCCCC1.